The second kappa shape index (κ2) is 5.73. The van der Waals surface area contributed by atoms with E-state index in [0.717, 1.165) is 23.4 Å². The molecule has 1 aromatic rings. The Morgan fingerprint density at radius 3 is 2.24 bits per heavy atom. The monoisotopic (exact) mass is 341 g/mol. The average Bonchev–Trinajstić information content (AvgIpc) is 2.95. The highest BCUT2D eigenvalue weighted by atomic mass is 16.6. The van der Waals surface area contributed by atoms with Crippen LogP contribution in [0.1, 0.15) is 44.1 Å². The van der Waals surface area contributed by atoms with Gasteiger partial charge in [0.15, 0.2) is 0 Å². The van der Waals surface area contributed by atoms with E-state index in [1.807, 2.05) is 0 Å². The molecule has 1 amide bonds. The van der Waals surface area contributed by atoms with E-state index in [1.165, 1.54) is 44.1 Å². The number of benzene rings is 1. The molecule has 134 valence electrons. The maximum atomic E-state index is 12.1. The van der Waals surface area contributed by atoms with Gasteiger partial charge in [-0.05, 0) is 79.4 Å². The lowest BCUT2D eigenvalue weighted by molar-refractivity contribution is -0.00518. The van der Waals surface area contributed by atoms with E-state index in [0.29, 0.717) is 18.6 Å². The lowest BCUT2D eigenvalue weighted by Crippen LogP contribution is -2.48. The largest absolute Gasteiger partial charge is 0.441 e. The normalized spacial score (nSPS) is 39.1. The third-order valence-electron chi connectivity index (χ3n) is 7.06. The molecule has 4 saturated carbocycles. The predicted molar refractivity (Wildman–Crippen MR) is 95.8 cm³/mol. The highest BCUT2D eigenvalue weighted by Gasteiger charge is 2.51. The second-order valence-corrected chi connectivity index (χ2v) is 8.82. The minimum Gasteiger partial charge on any atom is -0.441 e. The average molecular weight is 341 g/mol. The molecule has 5 aliphatic rings. The van der Waals surface area contributed by atoms with Crippen molar-refractivity contribution < 1.29 is 14.3 Å². The van der Waals surface area contributed by atoms with Crippen molar-refractivity contribution in [2.24, 2.45) is 17.8 Å². The minimum atomic E-state index is -0.260. The van der Waals surface area contributed by atoms with Gasteiger partial charge in [-0.1, -0.05) is 12.1 Å². The summed E-state index contributed by atoms with van der Waals surface area (Å²) in [7, 11) is 1.64. The van der Waals surface area contributed by atoms with E-state index in [9.17, 15) is 4.79 Å². The molecule has 0 aromatic heterocycles. The first-order chi connectivity index (χ1) is 12.1. The molecule has 1 saturated heterocycles. The fraction of sp³-hybridized carbons (Fsp3) is 0.667. The summed E-state index contributed by atoms with van der Waals surface area (Å²) in [6.07, 6.45) is 8.11. The fourth-order valence-electron chi connectivity index (χ4n) is 6.46. The molecule has 1 aliphatic heterocycles. The van der Waals surface area contributed by atoms with Crippen LogP contribution in [-0.4, -0.2) is 32.5 Å². The third-order valence-corrected chi connectivity index (χ3v) is 7.06. The Morgan fingerprint density at radius 1 is 1.08 bits per heavy atom. The van der Waals surface area contributed by atoms with Crippen molar-refractivity contribution >= 4 is 11.8 Å². The molecule has 1 heterocycles. The number of carbonyl (C=O) groups is 1. The fourth-order valence-corrected chi connectivity index (χ4v) is 6.46. The molecule has 4 aliphatic carbocycles. The van der Waals surface area contributed by atoms with Gasteiger partial charge in [-0.3, -0.25) is 4.90 Å². The van der Waals surface area contributed by atoms with Gasteiger partial charge < -0.3 is 9.47 Å². The van der Waals surface area contributed by atoms with Gasteiger partial charge in [0.05, 0.1) is 13.2 Å². The second-order valence-electron chi connectivity index (χ2n) is 8.82. The quantitative estimate of drug-likeness (QED) is 0.827. The van der Waals surface area contributed by atoms with E-state index < -0.39 is 0 Å². The van der Waals surface area contributed by atoms with Gasteiger partial charge in [-0.15, -0.1) is 0 Å². The van der Waals surface area contributed by atoms with Crippen molar-refractivity contribution in [2.75, 3.05) is 25.2 Å². The Balaban J connectivity index is 1.37. The van der Waals surface area contributed by atoms with Crippen LogP contribution in [0.5, 0.6) is 0 Å². The molecule has 4 nitrogen and oxygen atoms in total. The van der Waals surface area contributed by atoms with Gasteiger partial charge in [-0.2, -0.15) is 0 Å². The zero-order valence-electron chi connectivity index (χ0n) is 14.9. The highest BCUT2D eigenvalue weighted by molar-refractivity contribution is 5.89. The number of amides is 1. The number of methoxy groups -OCH3 is 1. The zero-order valence-corrected chi connectivity index (χ0v) is 14.9. The van der Waals surface area contributed by atoms with E-state index in [4.69, 9.17) is 9.47 Å². The lowest BCUT2D eigenvalue weighted by Gasteiger charge is -2.57. The zero-order chi connectivity index (χ0) is 17.0. The maximum absolute atomic E-state index is 12.1. The molecule has 0 N–H and O–H groups in total. The number of carbonyl (C=O) groups excluding carboxylic acids is 1. The molecule has 4 bridgehead atoms. The molecule has 1 unspecified atom stereocenters. The van der Waals surface area contributed by atoms with Crippen LogP contribution in [-0.2, 0) is 14.9 Å². The van der Waals surface area contributed by atoms with Crippen LogP contribution in [0.4, 0.5) is 10.5 Å². The first-order valence-electron chi connectivity index (χ1n) is 9.73. The molecule has 25 heavy (non-hydrogen) atoms. The Kier molecular flexibility index (Phi) is 3.60. The summed E-state index contributed by atoms with van der Waals surface area (Å²) >= 11 is 0. The summed E-state index contributed by atoms with van der Waals surface area (Å²) in [6.45, 7) is 1.02. The smallest absolute Gasteiger partial charge is 0.414 e. The van der Waals surface area contributed by atoms with Crippen LogP contribution < -0.4 is 4.90 Å². The topological polar surface area (TPSA) is 38.8 Å². The van der Waals surface area contributed by atoms with Crippen LogP contribution in [0.2, 0.25) is 0 Å². The maximum Gasteiger partial charge on any atom is 0.414 e. The van der Waals surface area contributed by atoms with Crippen LogP contribution in [0, 0.1) is 17.8 Å². The van der Waals surface area contributed by atoms with Crippen LogP contribution in [0.3, 0.4) is 0 Å². The molecule has 5 fully saturated rings. The molecule has 4 heteroatoms. The van der Waals surface area contributed by atoms with Crippen molar-refractivity contribution in [1.82, 2.24) is 0 Å². The number of ether oxygens (including phenoxy) is 2. The molecule has 0 spiro atoms. The summed E-state index contributed by atoms with van der Waals surface area (Å²) < 4.78 is 10.5. The van der Waals surface area contributed by atoms with Gasteiger partial charge >= 0.3 is 6.09 Å². The molecule has 0 radical (unpaired) electrons. The van der Waals surface area contributed by atoms with Crippen molar-refractivity contribution in [1.29, 1.82) is 0 Å². The first-order valence-corrected chi connectivity index (χ1v) is 9.73. The van der Waals surface area contributed by atoms with Crippen molar-refractivity contribution in [3.63, 3.8) is 0 Å². The van der Waals surface area contributed by atoms with Gasteiger partial charge in [0.1, 0.15) is 6.10 Å². The number of anilines is 1. The van der Waals surface area contributed by atoms with Gasteiger partial charge in [0.2, 0.25) is 0 Å². The van der Waals surface area contributed by atoms with Crippen LogP contribution in [0.15, 0.2) is 24.3 Å². The third kappa shape index (κ3) is 2.57. The standard InChI is InChI=1S/C21H27NO3/c1-24-13-19-12-22(20(23)25-19)18-4-2-17(3-5-18)21-9-14-6-15(10-21)8-16(7-14)11-21/h2-5,14-16,19H,6-13H2,1H3. The number of nitrogens with zero attached hydrogens (tertiary/aromatic N) is 1. The summed E-state index contributed by atoms with van der Waals surface area (Å²) in [5.41, 5.74) is 2.85. The summed E-state index contributed by atoms with van der Waals surface area (Å²) in [4.78, 5) is 13.8. The molecular formula is C21H27NO3. The molecule has 6 rings (SSSR count). The SMILES string of the molecule is COCC1CN(c2ccc(C34CC5CC(CC(C5)C3)C4)cc2)C(=O)O1. The number of rotatable bonds is 4. The lowest BCUT2D eigenvalue weighted by atomic mass is 9.48. The van der Waals surface area contributed by atoms with E-state index >= 15 is 0 Å². The van der Waals surface area contributed by atoms with Crippen LogP contribution >= 0.6 is 0 Å². The highest BCUT2D eigenvalue weighted by Crippen LogP contribution is 2.60. The first kappa shape index (κ1) is 15.7. The van der Waals surface area contributed by atoms with Gasteiger partial charge in [0, 0.05) is 12.8 Å². The predicted octanol–water partition coefficient (Wildman–Crippen LogP) is 4.13. The Labute approximate surface area is 149 Å². The Bertz CT molecular complexity index is 633. The number of hydrogen-bond donors (Lipinski definition) is 0. The van der Waals surface area contributed by atoms with Crippen LogP contribution in [0.25, 0.3) is 0 Å². The molecular weight excluding hydrogens is 314 g/mol. The Hall–Kier alpha value is -1.55. The summed E-state index contributed by atoms with van der Waals surface area (Å²) in [5, 5.41) is 0. The van der Waals surface area contributed by atoms with Gasteiger partial charge in [0.25, 0.3) is 0 Å². The van der Waals surface area contributed by atoms with Gasteiger partial charge in [-0.25, -0.2) is 4.79 Å². The summed E-state index contributed by atoms with van der Waals surface area (Å²) in [6, 6.07) is 8.79. The van der Waals surface area contributed by atoms with Crippen molar-refractivity contribution in [2.45, 2.75) is 50.0 Å². The minimum absolute atomic E-state index is 0.166. The van der Waals surface area contributed by atoms with E-state index in [-0.39, 0.29) is 12.2 Å². The number of cyclic esters (lactones) is 1. The van der Waals surface area contributed by atoms with E-state index in [2.05, 4.69) is 24.3 Å². The Morgan fingerprint density at radius 2 is 1.68 bits per heavy atom. The van der Waals surface area contributed by atoms with E-state index in [1.54, 1.807) is 12.0 Å². The van der Waals surface area contributed by atoms with Crippen molar-refractivity contribution in [3.8, 4) is 0 Å². The number of hydrogen-bond acceptors (Lipinski definition) is 3. The van der Waals surface area contributed by atoms with Crippen molar-refractivity contribution in [3.05, 3.63) is 29.8 Å². The molecule has 1 aromatic carbocycles. The summed E-state index contributed by atoms with van der Waals surface area (Å²) in [5.74, 6) is 2.86. The molecule has 1 atom stereocenters.